The number of nitrogens with zero attached hydrogens (tertiary/aromatic N) is 4. The van der Waals surface area contributed by atoms with Gasteiger partial charge >= 0.3 is 10.2 Å². The molecule has 0 amide bonds. The smallest absolute Gasteiger partial charge is 0.301 e. The van der Waals surface area contributed by atoms with Gasteiger partial charge in [0.25, 0.3) is 5.56 Å². The molecule has 0 spiro atoms. The standard InChI is InChI=1S/C20H17ClFN5O4S/c1-26-11-24-17-4-2-13(8-14(17)20(26)28)31-19-15(9-23)18(5-3-16(19)21)25-32(29,30)27-7-6-12(22)10-27/h2-5,8,11-12,25H,6-7,10H2,1H3/t12-/m1/s1. The second kappa shape index (κ2) is 8.38. The Labute approximate surface area is 187 Å². The summed E-state index contributed by atoms with van der Waals surface area (Å²) in [5.74, 6) is 0.125. The van der Waals surface area contributed by atoms with Crippen LogP contribution < -0.4 is 15.0 Å². The van der Waals surface area contributed by atoms with E-state index in [4.69, 9.17) is 16.3 Å². The Morgan fingerprint density at radius 1 is 1.34 bits per heavy atom. The van der Waals surface area contributed by atoms with E-state index in [9.17, 15) is 22.9 Å². The molecular formula is C20H17ClFN5O4S. The van der Waals surface area contributed by atoms with Crippen molar-refractivity contribution in [3.63, 3.8) is 0 Å². The summed E-state index contributed by atoms with van der Waals surface area (Å²) in [5, 5.41) is 10.1. The zero-order valence-electron chi connectivity index (χ0n) is 16.7. The van der Waals surface area contributed by atoms with Gasteiger partial charge in [-0.15, -0.1) is 0 Å². The normalized spacial score (nSPS) is 16.8. The van der Waals surface area contributed by atoms with Crippen molar-refractivity contribution in [2.45, 2.75) is 12.6 Å². The summed E-state index contributed by atoms with van der Waals surface area (Å²) >= 11 is 6.23. The van der Waals surface area contributed by atoms with Crippen LogP contribution in [0.4, 0.5) is 10.1 Å². The molecule has 32 heavy (non-hydrogen) atoms. The molecule has 4 rings (SSSR count). The van der Waals surface area contributed by atoms with Gasteiger partial charge in [-0.1, -0.05) is 11.6 Å². The van der Waals surface area contributed by atoms with Crippen LogP contribution in [0.15, 0.2) is 41.5 Å². The Morgan fingerprint density at radius 3 is 2.81 bits per heavy atom. The number of halogens is 2. The Bertz CT molecular complexity index is 1420. The Kier molecular flexibility index (Phi) is 5.77. The molecule has 1 atom stereocenters. The first-order valence-electron chi connectivity index (χ1n) is 9.47. The fraction of sp³-hybridized carbons (Fsp3) is 0.250. The van der Waals surface area contributed by atoms with Gasteiger partial charge in [0.05, 0.1) is 27.9 Å². The van der Waals surface area contributed by atoms with E-state index < -0.39 is 16.4 Å². The van der Waals surface area contributed by atoms with Gasteiger partial charge in [0, 0.05) is 20.1 Å². The number of hydrogen-bond donors (Lipinski definition) is 1. The van der Waals surface area contributed by atoms with Crippen LogP contribution in [0, 0.1) is 11.3 Å². The zero-order valence-corrected chi connectivity index (χ0v) is 18.3. The van der Waals surface area contributed by atoms with E-state index in [0.29, 0.717) is 10.9 Å². The van der Waals surface area contributed by atoms with E-state index in [1.54, 1.807) is 19.2 Å². The first-order valence-corrected chi connectivity index (χ1v) is 11.3. The number of alkyl halides is 1. The van der Waals surface area contributed by atoms with Gasteiger partial charge < -0.3 is 9.30 Å². The van der Waals surface area contributed by atoms with Gasteiger partial charge in [0.2, 0.25) is 0 Å². The predicted octanol–water partition coefficient (Wildman–Crippen LogP) is 2.95. The number of rotatable bonds is 5. The minimum Gasteiger partial charge on any atom is -0.454 e. The van der Waals surface area contributed by atoms with E-state index >= 15 is 0 Å². The van der Waals surface area contributed by atoms with Crippen LogP contribution >= 0.6 is 11.6 Å². The van der Waals surface area contributed by atoms with Crippen LogP contribution in [0.1, 0.15) is 12.0 Å². The lowest BCUT2D eigenvalue weighted by atomic mass is 10.1. The molecule has 0 saturated carbocycles. The van der Waals surface area contributed by atoms with Gasteiger partial charge in [0.15, 0.2) is 5.75 Å². The van der Waals surface area contributed by atoms with Gasteiger partial charge in [-0.2, -0.15) is 18.0 Å². The van der Waals surface area contributed by atoms with E-state index in [2.05, 4.69) is 9.71 Å². The average Bonchev–Trinajstić information content (AvgIpc) is 3.21. The minimum absolute atomic E-state index is 0.0371. The molecule has 2 aromatic carbocycles. The van der Waals surface area contributed by atoms with E-state index in [1.807, 2.05) is 6.07 Å². The third kappa shape index (κ3) is 4.12. The number of anilines is 1. The molecule has 1 saturated heterocycles. The van der Waals surface area contributed by atoms with Crippen molar-refractivity contribution < 1.29 is 17.5 Å². The van der Waals surface area contributed by atoms with Crippen molar-refractivity contribution in [1.29, 1.82) is 5.26 Å². The van der Waals surface area contributed by atoms with Gasteiger partial charge in [-0.25, -0.2) is 9.37 Å². The van der Waals surface area contributed by atoms with Crippen molar-refractivity contribution in [3.8, 4) is 17.6 Å². The lowest BCUT2D eigenvalue weighted by Crippen LogP contribution is -2.34. The fourth-order valence-electron chi connectivity index (χ4n) is 3.33. The molecule has 9 nitrogen and oxygen atoms in total. The molecule has 0 unspecified atom stereocenters. The topological polar surface area (TPSA) is 117 Å². The second-order valence-electron chi connectivity index (χ2n) is 7.20. The number of ether oxygens (including phenoxy) is 1. The summed E-state index contributed by atoms with van der Waals surface area (Å²) < 4.78 is 49.1. The lowest BCUT2D eigenvalue weighted by Gasteiger charge is -2.19. The molecule has 12 heteroatoms. The summed E-state index contributed by atoms with van der Waals surface area (Å²) in [4.78, 5) is 16.5. The maximum absolute atomic E-state index is 13.5. The minimum atomic E-state index is -4.08. The molecule has 3 aromatic rings. The van der Waals surface area contributed by atoms with E-state index in [-0.39, 0.29) is 52.8 Å². The molecule has 0 bridgehead atoms. The monoisotopic (exact) mass is 477 g/mol. The molecule has 1 N–H and O–H groups in total. The summed E-state index contributed by atoms with van der Waals surface area (Å²) in [6.45, 7) is -0.219. The molecule has 2 heterocycles. The molecule has 1 aliphatic rings. The highest BCUT2D eigenvalue weighted by Crippen LogP contribution is 2.38. The third-order valence-corrected chi connectivity index (χ3v) is 6.79. The zero-order chi connectivity index (χ0) is 23.0. The summed E-state index contributed by atoms with van der Waals surface area (Å²) in [7, 11) is -2.52. The van der Waals surface area contributed by atoms with Crippen LogP contribution in [-0.4, -0.2) is 41.5 Å². The predicted molar refractivity (Wildman–Crippen MR) is 117 cm³/mol. The number of nitriles is 1. The Balaban J connectivity index is 1.71. The maximum Gasteiger partial charge on any atom is 0.301 e. The first kappa shape index (κ1) is 22.0. The van der Waals surface area contributed by atoms with Crippen LogP contribution in [0.2, 0.25) is 5.02 Å². The first-order chi connectivity index (χ1) is 15.2. The number of benzene rings is 2. The Hall–Kier alpha value is -3.20. The highest BCUT2D eigenvalue weighted by Gasteiger charge is 2.32. The summed E-state index contributed by atoms with van der Waals surface area (Å²) in [5.41, 5.74) is -0.0421. The SMILES string of the molecule is Cn1cnc2ccc(Oc3c(Cl)ccc(NS(=O)(=O)N4CC[C@@H](F)C4)c3C#N)cc2c1=O. The van der Waals surface area contributed by atoms with Gasteiger partial charge in [-0.05, 0) is 36.8 Å². The molecule has 1 aliphatic heterocycles. The molecule has 1 aromatic heterocycles. The molecular weight excluding hydrogens is 461 g/mol. The van der Waals surface area contributed by atoms with Crippen molar-refractivity contribution in [2.75, 3.05) is 17.8 Å². The maximum atomic E-state index is 13.5. The van der Waals surface area contributed by atoms with Crippen molar-refractivity contribution in [1.82, 2.24) is 13.9 Å². The van der Waals surface area contributed by atoms with E-state index in [0.717, 1.165) is 4.31 Å². The van der Waals surface area contributed by atoms with E-state index in [1.165, 1.54) is 29.1 Å². The van der Waals surface area contributed by atoms with Crippen molar-refractivity contribution >= 4 is 38.4 Å². The van der Waals surface area contributed by atoms with Crippen LogP contribution in [-0.2, 0) is 17.3 Å². The van der Waals surface area contributed by atoms with Crippen molar-refractivity contribution in [3.05, 3.63) is 57.6 Å². The number of aromatic nitrogens is 2. The largest absolute Gasteiger partial charge is 0.454 e. The lowest BCUT2D eigenvalue weighted by molar-refractivity contribution is 0.343. The Morgan fingerprint density at radius 2 is 2.12 bits per heavy atom. The molecule has 1 fully saturated rings. The molecule has 0 aliphatic carbocycles. The van der Waals surface area contributed by atoms with Crippen LogP contribution in [0.25, 0.3) is 10.9 Å². The van der Waals surface area contributed by atoms with Crippen LogP contribution in [0.3, 0.4) is 0 Å². The number of fused-ring (bicyclic) bond motifs is 1. The molecule has 166 valence electrons. The highest BCUT2D eigenvalue weighted by atomic mass is 35.5. The summed E-state index contributed by atoms with van der Waals surface area (Å²) in [6.07, 6.45) is 0.273. The second-order valence-corrected chi connectivity index (χ2v) is 9.28. The number of nitrogens with one attached hydrogen (secondary N) is 1. The van der Waals surface area contributed by atoms with Crippen LogP contribution in [0.5, 0.6) is 11.5 Å². The molecule has 0 radical (unpaired) electrons. The fourth-order valence-corrected chi connectivity index (χ4v) is 4.81. The third-order valence-electron chi connectivity index (χ3n) is 5.00. The number of aryl methyl sites for hydroxylation is 1. The van der Waals surface area contributed by atoms with Crippen molar-refractivity contribution in [2.24, 2.45) is 7.05 Å². The average molecular weight is 478 g/mol. The van der Waals surface area contributed by atoms with Gasteiger partial charge in [0.1, 0.15) is 23.6 Å². The van der Waals surface area contributed by atoms with Gasteiger partial charge in [-0.3, -0.25) is 9.52 Å². The quantitative estimate of drug-likeness (QED) is 0.603. The summed E-state index contributed by atoms with van der Waals surface area (Å²) in [6, 6.07) is 9.20. The highest BCUT2D eigenvalue weighted by molar-refractivity contribution is 7.90. The number of hydrogen-bond acceptors (Lipinski definition) is 6.